The van der Waals surface area contributed by atoms with Crippen molar-refractivity contribution in [1.82, 2.24) is 40.2 Å². The van der Waals surface area contributed by atoms with Crippen molar-refractivity contribution in [2.45, 2.75) is 77.5 Å². The Morgan fingerprint density at radius 1 is 1.14 bits per heavy atom. The molecule has 0 saturated heterocycles. The van der Waals surface area contributed by atoms with Crippen LogP contribution < -0.4 is 4.74 Å². The summed E-state index contributed by atoms with van der Waals surface area (Å²) in [5, 5.41) is 20.8. The third-order valence-electron chi connectivity index (χ3n) is 6.61. The Hall–Kier alpha value is -3.37. The Balaban J connectivity index is 1.25. The average molecular weight is 481 g/mol. The smallest absolute Gasteiger partial charge is 0.309 e. The van der Waals surface area contributed by atoms with Gasteiger partial charge in [-0.3, -0.25) is 9.78 Å². The zero-order valence-corrected chi connectivity index (χ0v) is 20.5. The van der Waals surface area contributed by atoms with Crippen LogP contribution in [0.2, 0.25) is 0 Å². The fraction of sp³-hybridized carbons (Fsp3) is 0.625. The van der Waals surface area contributed by atoms with E-state index in [1.54, 1.807) is 10.9 Å². The lowest BCUT2D eigenvalue weighted by Gasteiger charge is -2.28. The lowest BCUT2D eigenvalue weighted by atomic mass is 9.87. The van der Waals surface area contributed by atoms with Crippen LogP contribution in [-0.2, 0) is 29.5 Å². The van der Waals surface area contributed by atoms with E-state index < -0.39 is 0 Å². The Morgan fingerprint density at radius 3 is 2.74 bits per heavy atom. The summed E-state index contributed by atoms with van der Waals surface area (Å²) in [6.07, 6.45) is 8.33. The zero-order valence-electron chi connectivity index (χ0n) is 20.5. The number of carbonyl (C=O) groups is 1. The Kier molecular flexibility index (Phi) is 6.74. The molecule has 11 heteroatoms. The molecule has 0 amide bonds. The highest BCUT2D eigenvalue weighted by molar-refractivity contribution is 5.72. The fourth-order valence-corrected chi connectivity index (χ4v) is 4.54. The summed E-state index contributed by atoms with van der Waals surface area (Å²) in [7, 11) is 1.86. The molecular weight excluding hydrogens is 448 g/mol. The van der Waals surface area contributed by atoms with E-state index in [0.717, 1.165) is 37.2 Å². The van der Waals surface area contributed by atoms with E-state index in [-0.39, 0.29) is 24.1 Å². The molecule has 35 heavy (non-hydrogen) atoms. The first-order chi connectivity index (χ1) is 17.0. The topological polar surface area (TPSA) is 123 Å². The molecule has 0 aliphatic heterocycles. The maximum atomic E-state index is 12.3. The first kappa shape index (κ1) is 23.4. The number of tetrazole rings is 1. The average Bonchev–Trinajstić information content (AvgIpc) is 3.44. The molecule has 186 valence electrons. The van der Waals surface area contributed by atoms with Gasteiger partial charge in [0, 0.05) is 13.5 Å². The quantitative estimate of drug-likeness (QED) is 0.425. The number of carbonyl (C=O) groups excluding carboxylic acids is 1. The van der Waals surface area contributed by atoms with Crippen LogP contribution in [0.5, 0.6) is 5.75 Å². The molecule has 3 aromatic heterocycles. The Labute approximate surface area is 204 Å². The largest absolute Gasteiger partial charge is 0.489 e. The summed E-state index contributed by atoms with van der Waals surface area (Å²) in [6.45, 7) is 4.23. The predicted octanol–water partition coefficient (Wildman–Crippen LogP) is 2.75. The Bertz CT molecular complexity index is 1150. The van der Waals surface area contributed by atoms with Crippen LogP contribution in [0.1, 0.15) is 63.9 Å². The van der Waals surface area contributed by atoms with Gasteiger partial charge in [-0.05, 0) is 80.8 Å². The molecule has 0 N–H and O–H groups in total. The summed E-state index contributed by atoms with van der Waals surface area (Å²) in [5.74, 6) is 2.02. The molecule has 11 nitrogen and oxygen atoms in total. The second-order valence-corrected chi connectivity index (χ2v) is 9.88. The Morgan fingerprint density at radius 2 is 2.00 bits per heavy atom. The minimum Gasteiger partial charge on any atom is -0.489 e. The van der Waals surface area contributed by atoms with Crippen molar-refractivity contribution in [2.24, 2.45) is 18.9 Å². The van der Waals surface area contributed by atoms with Crippen LogP contribution in [0.4, 0.5) is 0 Å². The zero-order chi connectivity index (χ0) is 24.4. The van der Waals surface area contributed by atoms with E-state index in [4.69, 9.17) is 9.47 Å². The summed E-state index contributed by atoms with van der Waals surface area (Å²) in [4.78, 5) is 16.9. The molecule has 3 aromatic rings. The molecule has 2 aliphatic carbocycles. The van der Waals surface area contributed by atoms with Gasteiger partial charge in [-0.2, -0.15) is 0 Å². The second-order valence-electron chi connectivity index (χ2n) is 9.88. The number of aryl methyl sites for hydroxylation is 1. The van der Waals surface area contributed by atoms with Crippen LogP contribution in [0.15, 0.2) is 18.3 Å². The van der Waals surface area contributed by atoms with Gasteiger partial charge in [0.05, 0.1) is 42.3 Å². The SMILES string of the molecule is CC(C)OC(=O)[C@H]1CCC[C@H](Oc2ccc(-c3nnn(C)c3Cn3nnnc3CC3CC3)nc2)C1. The number of hydrogen-bond donors (Lipinski definition) is 0. The van der Waals surface area contributed by atoms with Gasteiger partial charge in [0.1, 0.15) is 11.4 Å². The van der Waals surface area contributed by atoms with Gasteiger partial charge in [0.15, 0.2) is 5.82 Å². The highest BCUT2D eigenvalue weighted by atomic mass is 16.5. The van der Waals surface area contributed by atoms with Crippen molar-refractivity contribution in [2.75, 3.05) is 0 Å². The molecular formula is C24H32N8O3. The van der Waals surface area contributed by atoms with Gasteiger partial charge < -0.3 is 9.47 Å². The number of ether oxygens (including phenoxy) is 2. The van der Waals surface area contributed by atoms with E-state index in [2.05, 4.69) is 30.8 Å². The van der Waals surface area contributed by atoms with E-state index >= 15 is 0 Å². The normalized spacial score (nSPS) is 20.2. The molecule has 2 aliphatic rings. The fourth-order valence-electron chi connectivity index (χ4n) is 4.54. The van der Waals surface area contributed by atoms with Gasteiger partial charge in [-0.15, -0.1) is 10.2 Å². The lowest BCUT2D eigenvalue weighted by Crippen LogP contribution is -2.31. The first-order valence-corrected chi connectivity index (χ1v) is 12.4. The van der Waals surface area contributed by atoms with Crippen molar-refractivity contribution in [3.63, 3.8) is 0 Å². The monoisotopic (exact) mass is 480 g/mol. The first-order valence-electron chi connectivity index (χ1n) is 12.4. The molecule has 2 fully saturated rings. The van der Waals surface area contributed by atoms with Gasteiger partial charge in [0.25, 0.3) is 0 Å². The molecule has 0 aromatic carbocycles. The second kappa shape index (κ2) is 10.1. The van der Waals surface area contributed by atoms with E-state index in [1.807, 2.05) is 37.7 Å². The van der Waals surface area contributed by atoms with Crippen LogP contribution in [0.25, 0.3) is 11.4 Å². The molecule has 3 heterocycles. The van der Waals surface area contributed by atoms with Gasteiger partial charge in [0.2, 0.25) is 0 Å². The number of nitrogens with zero attached hydrogens (tertiary/aromatic N) is 8. The number of aromatic nitrogens is 8. The van der Waals surface area contributed by atoms with Crippen LogP contribution in [0.3, 0.4) is 0 Å². The molecule has 2 atom stereocenters. The highest BCUT2D eigenvalue weighted by Crippen LogP contribution is 2.32. The van der Waals surface area contributed by atoms with Gasteiger partial charge >= 0.3 is 5.97 Å². The molecule has 5 rings (SSSR count). The molecule has 0 unspecified atom stereocenters. The van der Waals surface area contributed by atoms with Crippen molar-refractivity contribution in [3.05, 3.63) is 29.8 Å². The minimum atomic E-state index is -0.125. The summed E-state index contributed by atoms with van der Waals surface area (Å²) < 4.78 is 15.1. The van der Waals surface area contributed by atoms with Crippen molar-refractivity contribution in [1.29, 1.82) is 0 Å². The maximum Gasteiger partial charge on any atom is 0.309 e. The standard InChI is InChI=1S/C24H32N8O3/c1-15(2)34-24(33)17-5-4-6-18(12-17)35-19-9-10-20(25-13-19)23-21(31(3)29-27-23)14-32-22(26-28-30-32)11-16-7-8-16/h9-10,13,15-18H,4-8,11-12,14H2,1-3H3/t17-,18-/m0/s1. The van der Waals surface area contributed by atoms with Crippen molar-refractivity contribution >= 4 is 5.97 Å². The minimum absolute atomic E-state index is 0.0297. The summed E-state index contributed by atoms with van der Waals surface area (Å²) in [5.41, 5.74) is 2.29. The van der Waals surface area contributed by atoms with E-state index in [0.29, 0.717) is 36.0 Å². The predicted molar refractivity (Wildman–Crippen MR) is 125 cm³/mol. The van der Waals surface area contributed by atoms with Gasteiger partial charge in [-0.25, -0.2) is 9.36 Å². The molecule has 2 saturated carbocycles. The maximum absolute atomic E-state index is 12.3. The summed E-state index contributed by atoms with van der Waals surface area (Å²) in [6, 6.07) is 3.78. The van der Waals surface area contributed by atoms with Crippen LogP contribution in [0, 0.1) is 11.8 Å². The highest BCUT2D eigenvalue weighted by Gasteiger charge is 2.30. The van der Waals surface area contributed by atoms with Crippen molar-refractivity contribution in [3.8, 4) is 17.1 Å². The van der Waals surface area contributed by atoms with Crippen molar-refractivity contribution < 1.29 is 14.3 Å². The number of hydrogen-bond acceptors (Lipinski definition) is 9. The summed E-state index contributed by atoms with van der Waals surface area (Å²) >= 11 is 0. The van der Waals surface area contributed by atoms with Gasteiger partial charge in [-0.1, -0.05) is 5.21 Å². The molecule has 0 radical (unpaired) electrons. The van der Waals surface area contributed by atoms with E-state index in [1.165, 1.54) is 12.8 Å². The number of rotatable bonds is 9. The molecule has 0 spiro atoms. The lowest BCUT2D eigenvalue weighted by molar-refractivity contribution is -0.154. The third kappa shape index (κ3) is 5.66. The third-order valence-corrected chi connectivity index (χ3v) is 6.61. The van der Waals surface area contributed by atoms with Crippen LogP contribution in [-0.4, -0.2) is 58.4 Å². The number of pyridine rings is 1. The van der Waals surface area contributed by atoms with Crippen LogP contribution >= 0.6 is 0 Å². The van der Waals surface area contributed by atoms with E-state index in [9.17, 15) is 4.79 Å². The number of esters is 1. The molecule has 0 bridgehead atoms.